The number of nitrogens with zero attached hydrogens (tertiary/aromatic N) is 2. The Morgan fingerprint density at radius 2 is 2.00 bits per heavy atom. The van der Waals surface area contributed by atoms with Gasteiger partial charge in [0.25, 0.3) is 5.91 Å². The zero-order valence-electron chi connectivity index (χ0n) is 17.8. The van der Waals surface area contributed by atoms with Crippen molar-refractivity contribution in [1.82, 2.24) is 15.2 Å². The van der Waals surface area contributed by atoms with Gasteiger partial charge in [0.2, 0.25) is 0 Å². The van der Waals surface area contributed by atoms with Crippen LogP contribution in [-0.2, 0) is 11.3 Å². The molecule has 0 bridgehead atoms. The Bertz CT molecular complexity index is 850. The van der Waals surface area contributed by atoms with Gasteiger partial charge >= 0.3 is 6.09 Å². The highest BCUT2D eigenvalue weighted by atomic mass is 16.6. The molecule has 2 aromatic rings. The first kappa shape index (κ1) is 23.0. The van der Waals surface area contributed by atoms with Gasteiger partial charge in [-0.05, 0) is 51.0 Å². The second kappa shape index (κ2) is 10.5. The van der Waals surface area contributed by atoms with Crippen molar-refractivity contribution in [1.29, 1.82) is 0 Å². The Kier molecular flexibility index (Phi) is 8.03. The van der Waals surface area contributed by atoms with E-state index >= 15 is 0 Å². The molecule has 0 saturated carbocycles. The van der Waals surface area contributed by atoms with Gasteiger partial charge in [0.05, 0.1) is 19.2 Å². The molecule has 0 spiro atoms. The molecule has 8 heteroatoms. The summed E-state index contributed by atoms with van der Waals surface area (Å²) in [6.07, 6.45) is 3.46. The predicted octanol–water partition coefficient (Wildman–Crippen LogP) is 3.35. The number of amides is 2. The quantitative estimate of drug-likeness (QED) is 0.641. The zero-order chi connectivity index (χ0) is 22.1. The van der Waals surface area contributed by atoms with Crippen LogP contribution in [0.15, 0.2) is 42.7 Å². The first-order valence-corrected chi connectivity index (χ1v) is 9.71. The fourth-order valence-electron chi connectivity index (χ4n) is 2.67. The standard InChI is InChI=1S/C22H29N3O5/c1-22(2,3)30-21(28)25(15-16-7-5-10-23-14-16)12-6-11-24-20(27)18-9-8-17(29-4)13-19(18)26/h5,7-10,13-14,26H,6,11-12,15H2,1-4H3,(H,24,27). The van der Waals surface area contributed by atoms with E-state index in [1.165, 1.54) is 19.2 Å². The maximum Gasteiger partial charge on any atom is 0.410 e. The molecule has 2 amide bonds. The molecule has 1 aromatic carbocycles. The van der Waals surface area contributed by atoms with Gasteiger partial charge in [-0.2, -0.15) is 0 Å². The lowest BCUT2D eigenvalue weighted by Gasteiger charge is -2.27. The van der Waals surface area contributed by atoms with Crippen molar-refractivity contribution in [2.24, 2.45) is 0 Å². The molecule has 0 aliphatic rings. The summed E-state index contributed by atoms with van der Waals surface area (Å²) in [4.78, 5) is 30.5. The van der Waals surface area contributed by atoms with Crippen molar-refractivity contribution >= 4 is 12.0 Å². The number of hydrogen-bond donors (Lipinski definition) is 2. The number of phenols is 1. The van der Waals surface area contributed by atoms with Gasteiger partial charge in [-0.15, -0.1) is 0 Å². The number of hydrogen-bond acceptors (Lipinski definition) is 6. The van der Waals surface area contributed by atoms with Crippen molar-refractivity contribution in [3.8, 4) is 11.5 Å². The molecule has 2 rings (SSSR count). The van der Waals surface area contributed by atoms with Gasteiger partial charge in [0.1, 0.15) is 17.1 Å². The number of aromatic nitrogens is 1. The molecule has 162 valence electrons. The van der Waals surface area contributed by atoms with Crippen LogP contribution in [0.2, 0.25) is 0 Å². The lowest BCUT2D eigenvalue weighted by Crippen LogP contribution is -2.38. The van der Waals surface area contributed by atoms with Crippen LogP contribution in [-0.4, -0.2) is 52.8 Å². The number of methoxy groups -OCH3 is 1. The van der Waals surface area contributed by atoms with Crippen molar-refractivity contribution in [2.75, 3.05) is 20.2 Å². The molecule has 30 heavy (non-hydrogen) atoms. The van der Waals surface area contributed by atoms with Crippen LogP contribution in [0, 0.1) is 0 Å². The molecule has 0 saturated heterocycles. The first-order chi connectivity index (χ1) is 14.2. The van der Waals surface area contributed by atoms with Gasteiger partial charge in [-0.1, -0.05) is 6.07 Å². The smallest absolute Gasteiger partial charge is 0.410 e. The van der Waals surface area contributed by atoms with Crippen LogP contribution in [0.4, 0.5) is 4.79 Å². The van der Waals surface area contributed by atoms with Crippen LogP contribution < -0.4 is 10.1 Å². The van der Waals surface area contributed by atoms with E-state index in [9.17, 15) is 14.7 Å². The van der Waals surface area contributed by atoms with E-state index in [1.54, 1.807) is 23.4 Å². The zero-order valence-corrected chi connectivity index (χ0v) is 17.8. The highest BCUT2D eigenvalue weighted by Crippen LogP contribution is 2.23. The average Bonchev–Trinajstić information content (AvgIpc) is 2.69. The predicted molar refractivity (Wildman–Crippen MR) is 112 cm³/mol. The summed E-state index contributed by atoms with van der Waals surface area (Å²) in [7, 11) is 1.48. The third kappa shape index (κ3) is 7.27. The van der Waals surface area contributed by atoms with E-state index in [-0.39, 0.29) is 11.3 Å². The molecule has 0 radical (unpaired) electrons. The molecular formula is C22H29N3O5. The Balaban J connectivity index is 1.92. The minimum absolute atomic E-state index is 0.154. The SMILES string of the molecule is COc1ccc(C(=O)NCCCN(Cc2cccnc2)C(=O)OC(C)(C)C)c(O)c1. The summed E-state index contributed by atoms with van der Waals surface area (Å²) in [6, 6.07) is 8.18. The minimum atomic E-state index is -0.607. The second-order valence-electron chi connectivity index (χ2n) is 7.76. The van der Waals surface area contributed by atoms with Crippen LogP contribution in [0.5, 0.6) is 11.5 Å². The normalized spacial score (nSPS) is 10.9. The van der Waals surface area contributed by atoms with Gasteiger partial charge < -0.3 is 24.8 Å². The van der Waals surface area contributed by atoms with E-state index in [1.807, 2.05) is 32.9 Å². The Morgan fingerprint density at radius 1 is 1.23 bits per heavy atom. The number of carbonyl (C=O) groups is 2. The fourth-order valence-corrected chi connectivity index (χ4v) is 2.67. The molecular weight excluding hydrogens is 386 g/mol. The molecule has 0 fully saturated rings. The summed E-state index contributed by atoms with van der Waals surface area (Å²) in [5.74, 6) is -0.0857. The Morgan fingerprint density at radius 3 is 2.60 bits per heavy atom. The maximum absolute atomic E-state index is 12.6. The summed E-state index contributed by atoms with van der Waals surface area (Å²) in [5.41, 5.74) is 0.440. The van der Waals surface area contributed by atoms with Crippen LogP contribution >= 0.6 is 0 Å². The van der Waals surface area contributed by atoms with Gasteiger partial charge in [0, 0.05) is 31.5 Å². The number of benzene rings is 1. The van der Waals surface area contributed by atoms with Gasteiger partial charge in [-0.3, -0.25) is 9.78 Å². The molecule has 0 atom stereocenters. The molecule has 0 unspecified atom stereocenters. The monoisotopic (exact) mass is 415 g/mol. The molecule has 1 aromatic heterocycles. The van der Waals surface area contributed by atoms with Crippen LogP contribution in [0.25, 0.3) is 0 Å². The average molecular weight is 415 g/mol. The van der Waals surface area contributed by atoms with E-state index < -0.39 is 17.6 Å². The lowest BCUT2D eigenvalue weighted by atomic mass is 10.1. The third-order valence-corrected chi connectivity index (χ3v) is 4.09. The summed E-state index contributed by atoms with van der Waals surface area (Å²) < 4.78 is 10.5. The number of pyridine rings is 1. The minimum Gasteiger partial charge on any atom is -0.507 e. The summed E-state index contributed by atoms with van der Waals surface area (Å²) in [6.45, 7) is 6.52. The van der Waals surface area contributed by atoms with E-state index in [0.29, 0.717) is 31.8 Å². The third-order valence-electron chi connectivity index (χ3n) is 4.09. The fraction of sp³-hybridized carbons (Fsp3) is 0.409. The van der Waals surface area contributed by atoms with E-state index in [2.05, 4.69) is 10.3 Å². The van der Waals surface area contributed by atoms with Crippen molar-refractivity contribution < 1.29 is 24.2 Å². The molecule has 0 aliphatic carbocycles. The highest BCUT2D eigenvalue weighted by Gasteiger charge is 2.22. The molecule has 2 N–H and O–H groups in total. The van der Waals surface area contributed by atoms with Crippen molar-refractivity contribution in [3.63, 3.8) is 0 Å². The summed E-state index contributed by atoms with van der Waals surface area (Å²) in [5, 5.41) is 12.7. The number of phenolic OH excluding ortho intramolecular Hbond substituents is 1. The van der Waals surface area contributed by atoms with Crippen molar-refractivity contribution in [3.05, 3.63) is 53.9 Å². The highest BCUT2D eigenvalue weighted by molar-refractivity contribution is 5.96. The van der Waals surface area contributed by atoms with Crippen LogP contribution in [0.3, 0.4) is 0 Å². The molecule has 8 nitrogen and oxygen atoms in total. The van der Waals surface area contributed by atoms with Gasteiger partial charge in [-0.25, -0.2) is 4.79 Å². The molecule has 1 heterocycles. The number of nitrogens with one attached hydrogen (secondary N) is 1. The summed E-state index contributed by atoms with van der Waals surface area (Å²) >= 11 is 0. The van der Waals surface area contributed by atoms with Gasteiger partial charge in [0.15, 0.2) is 0 Å². The van der Waals surface area contributed by atoms with Crippen LogP contribution in [0.1, 0.15) is 43.1 Å². The number of carbonyl (C=O) groups excluding carboxylic acids is 2. The van der Waals surface area contributed by atoms with Crippen molar-refractivity contribution in [2.45, 2.75) is 39.3 Å². The maximum atomic E-state index is 12.6. The number of aromatic hydroxyl groups is 1. The Hall–Kier alpha value is -3.29. The lowest BCUT2D eigenvalue weighted by molar-refractivity contribution is 0.0232. The second-order valence-corrected chi connectivity index (χ2v) is 7.76. The molecule has 0 aliphatic heterocycles. The first-order valence-electron chi connectivity index (χ1n) is 9.71. The number of ether oxygens (including phenoxy) is 2. The largest absolute Gasteiger partial charge is 0.507 e. The van der Waals surface area contributed by atoms with E-state index in [0.717, 1.165) is 5.56 Å². The van der Waals surface area contributed by atoms with E-state index in [4.69, 9.17) is 9.47 Å². The topological polar surface area (TPSA) is 101 Å². The Labute approximate surface area is 176 Å². The number of rotatable bonds is 8.